The van der Waals surface area contributed by atoms with Crippen molar-refractivity contribution in [2.24, 2.45) is 0 Å². The third-order valence-electron chi connectivity index (χ3n) is 7.83. The van der Waals surface area contributed by atoms with Gasteiger partial charge in [0.2, 0.25) is 5.91 Å². The molecule has 3 aromatic heterocycles. The van der Waals surface area contributed by atoms with E-state index < -0.39 is 56.3 Å². The highest BCUT2D eigenvalue weighted by Crippen LogP contribution is 2.42. The summed E-state index contributed by atoms with van der Waals surface area (Å²) < 4.78 is 84.6. The molecule has 1 aliphatic rings. The third kappa shape index (κ3) is 6.21. The summed E-state index contributed by atoms with van der Waals surface area (Å²) in [6.07, 6.45) is -1.63. The second kappa shape index (κ2) is 12.3. The number of hydrogen-bond donors (Lipinski definition) is 0. The maximum Gasteiger partial charge on any atom is 0.417 e. The molecule has 16 heteroatoms. The number of piperazine rings is 1. The average Bonchev–Trinajstić information content (AvgIpc) is 2.99. The zero-order chi connectivity index (χ0) is 34.6. The summed E-state index contributed by atoms with van der Waals surface area (Å²) >= 11 is 6.58. The number of benzene rings is 1. The number of anilines is 1. The SMILES string of the molecule is C=CC(=O)N1CCN(c2nc(=O)n(-c3c(S(C)(=O)=O)ccnc3C(C)C)c3nc(-c4c(F)cccc4C(F)(F)F)c(Cl)cc23)[C@@H](C)C1. The number of nitrogens with zero attached hydrogens (tertiary/aromatic N) is 6. The second-order valence-electron chi connectivity index (χ2n) is 11.4. The number of alkyl halides is 3. The molecular formula is C31H29ClF4N6O4S. The fourth-order valence-corrected chi connectivity index (χ4v) is 6.80. The van der Waals surface area contributed by atoms with Crippen LogP contribution in [-0.4, -0.2) is 70.7 Å². The first-order valence-corrected chi connectivity index (χ1v) is 16.6. The van der Waals surface area contributed by atoms with Gasteiger partial charge in [-0.25, -0.2) is 27.2 Å². The second-order valence-corrected chi connectivity index (χ2v) is 13.8. The highest BCUT2D eigenvalue weighted by atomic mass is 35.5. The Bertz CT molecular complexity index is 2100. The van der Waals surface area contributed by atoms with E-state index in [1.807, 2.05) is 0 Å². The van der Waals surface area contributed by atoms with Crippen molar-refractivity contribution in [3.05, 3.63) is 81.8 Å². The number of amides is 1. The van der Waals surface area contributed by atoms with Gasteiger partial charge in [-0.3, -0.25) is 9.78 Å². The molecule has 47 heavy (non-hydrogen) atoms. The standard InChI is InChI=1S/C31H29ClF4N6O4S/c1-6-23(43)40-12-13-41(17(4)15-40)28-18-14-20(32)26(24-19(31(34,35)36)8-7-9-21(24)33)38-29(18)42(30(44)39-28)27-22(47(5,45)46)10-11-37-25(27)16(2)3/h6-11,14,16-17H,1,12-13,15H2,2-5H3/t17-/m0/s1. The molecule has 248 valence electrons. The minimum atomic E-state index is -5.00. The van der Waals surface area contributed by atoms with Crippen LogP contribution in [0.1, 0.15) is 37.9 Å². The zero-order valence-electron chi connectivity index (χ0n) is 25.6. The van der Waals surface area contributed by atoms with Crippen molar-refractivity contribution in [2.45, 2.75) is 43.8 Å². The Morgan fingerprint density at radius 1 is 1.17 bits per heavy atom. The molecule has 0 aliphatic carbocycles. The summed E-state index contributed by atoms with van der Waals surface area (Å²) in [7, 11) is -4.03. The molecule has 0 bridgehead atoms. The molecule has 4 heterocycles. The third-order valence-corrected chi connectivity index (χ3v) is 9.25. The van der Waals surface area contributed by atoms with Gasteiger partial charge >= 0.3 is 11.9 Å². The van der Waals surface area contributed by atoms with Gasteiger partial charge in [-0.15, -0.1) is 0 Å². The summed E-state index contributed by atoms with van der Waals surface area (Å²) in [6, 6.07) is 4.40. The molecule has 1 saturated heterocycles. The summed E-state index contributed by atoms with van der Waals surface area (Å²) in [6.45, 7) is 9.35. The number of aromatic nitrogens is 4. The lowest BCUT2D eigenvalue weighted by Gasteiger charge is -2.40. The lowest BCUT2D eigenvalue weighted by molar-refractivity contribution is -0.137. The van der Waals surface area contributed by atoms with Gasteiger partial charge in [-0.1, -0.05) is 38.1 Å². The lowest BCUT2D eigenvalue weighted by atomic mass is 10.0. The predicted molar refractivity (Wildman–Crippen MR) is 169 cm³/mol. The first-order chi connectivity index (χ1) is 21.9. The topological polar surface area (TPSA) is 118 Å². The van der Waals surface area contributed by atoms with E-state index in [0.29, 0.717) is 6.07 Å². The van der Waals surface area contributed by atoms with Crippen molar-refractivity contribution in [2.75, 3.05) is 30.8 Å². The lowest BCUT2D eigenvalue weighted by Crippen LogP contribution is -2.54. The molecule has 0 N–H and O–H groups in total. The van der Waals surface area contributed by atoms with E-state index >= 15 is 4.39 Å². The highest BCUT2D eigenvalue weighted by Gasteiger charge is 2.37. The largest absolute Gasteiger partial charge is 0.417 e. The Morgan fingerprint density at radius 2 is 1.87 bits per heavy atom. The number of rotatable bonds is 6. The molecule has 1 aliphatic heterocycles. The zero-order valence-corrected chi connectivity index (χ0v) is 27.2. The van der Waals surface area contributed by atoms with Gasteiger partial charge in [0.25, 0.3) is 0 Å². The van der Waals surface area contributed by atoms with Gasteiger partial charge in [0.15, 0.2) is 15.5 Å². The van der Waals surface area contributed by atoms with Crippen LogP contribution < -0.4 is 10.6 Å². The first-order valence-electron chi connectivity index (χ1n) is 14.3. The molecule has 0 unspecified atom stereocenters. The average molecular weight is 693 g/mol. The van der Waals surface area contributed by atoms with E-state index in [1.54, 1.807) is 30.6 Å². The summed E-state index contributed by atoms with van der Waals surface area (Å²) in [5, 5.41) is -0.315. The molecule has 1 aromatic carbocycles. The minimum Gasteiger partial charge on any atom is -0.350 e. The number of hydrogen-bond acceptors (Lipinski definition) is 8. The molecule has 1 fully saturated rings. The summed E-state index contributed by atoms with van der Waals surface area (Å²) in [5.74, 6) is -1.97. The normalized spacial score (nSPS) is 15.8. The van der Waals surface area contributed by atoms with Crippen LogP contribution in [0.25, 0.3) is 28.0 Å². The van der Waals surface area contributed by atoms with Crippen LogP contribution in [0, 0.1) is 5.82 Å². The predicted octanol–water partition coefficient (Wildman–Crippen LogP) is 5.40. The van der Waals surface area contributed by atoms with Crippen LogP contribution >= 0.6 is 11.6 Å². The molecule has 5 rings (SSSR count). The van der Waals surface area contributed by atoms with Gasteiger partial charge in [-0.05, 0) is 43.2 Å². The van der Waals surface area contributed by atoms with E-state index in [0.717, 1.165) is 23.0 Å². The van der Waals surface area contributed by atoms with Crippen LogP contribution in [0.2, 0.25) is 5.02 Å². The van der Waals surface area contributed by atoms with Gasteiger partial charge < -0.3 is 9.80 Å². The number of fused-ring (bicyclic) bond motifs is 1. The number of carbonyl (C=O) groups excluding carboxylic acids is 1. The Morgan fingerprint density at radius 3 is 2.47 bits per heavy atom. The first kappa shape index (κ1) is 34.0. The Kier molecular flexibility index (Phi) is 8.92. The van der Waals surface area contributed by atoms with E-state index in [1.165, 1.54) is 24.4 Å². The van der Waals surface area contributed by atoms with Crippen LogP contribution in [0.4, 0.5) is 23.4 Å². The quantitative estimate of drug-likeness (QED) is 0.195. The van der Waals surface area contributed by atoms with Gasteiger partial charge in [0.05, 0.1) is 37.9 Å². The molecular weight excluding hydrogens is 664 g/mol. The smallest absolute Gasteiger partial charge is 0.350 e. The van der Waals surface area contributed by atoms with E-state index in [-0.39, 0.29) is 63.7 Å². The highest BCUT2D eigenvalue weighted by molar-refractivity contribution is 7.90. The van der Waals surface area contributed by atoms with Crippen molar-refractivity contribution in [3.63, 3.8) is 0 Å². The molecule has 0 radical (unpaired) electrons. The molecule has 0 saturated carbocycles. The monoisotopic (exact) mass is 692 g/mol. The van der Waals surface area contributed by atoms with Crippen molar-refractivity contribution in [3.8, 4) is 16.9 Å². The van der Waals surface area contributed by atoms with Crippen molar-refractivity contribution in [1.29, 1.82) is 0 Å². The molecule has 10 nitrogen and oxygen atoms in total. The summed E-state index contributed by atoms with van der Waals surface area (Å²) in [4.78, 5) is 42.4. The van der Waals surface area contributed by atoms with Gasteiger partial charge in [0.1, 0.15) is 11.6 Å². The van der Waals surface area contributed by atoms with E-state index in [2.05, 4.69) is 21.5 Å². The maximum atomic E-state index is 15.3. The number of carbonyl (C=O) groups is 1. The van der Waals surface area contributed by atoms with E-state index in [9.17, 15) is 31.2 Å². The molecule has 1 amide bonds. The van der Waals surface area contributed by atoms with Crippen molar-refractivity contribution < 1.29 is 30.8 Å². The summed E-state index contributed by atoms with van der Waals surface area (Å²) in [5.41, 5.74) is -4.31. The Labute approximate surface area is 272 Å². The number of sulfone groups is 1. The maximum absolute atomic E-state index is 15.3. The van der Waals surface area contributed by atoms with Gasteiger partial charge in [-0.2, -0.15) is 18.2 Å². The van der Waals surface area contributed by atoms with Crippen LogP contribution in [0.5, 0.6) is 0 Å². The molecule has 4 aromatic rings. The fraction of sp³-hybridized carbons (Fsp3) is 0.323. The molecule has 0 spiro atoms. The molecule has 1 atom stereocenters. The van der Waals surface area contributed by atoms with Crippen LogP contribution in [-0.2, 0) is 20.8 Å². The van der Waals surface area contributed by atoms with Crippen molar-refractivity contribution in [1.82, 2.24) is 24.4 Å². The number of pyridine rings is 2. The van der Waals surface area contributed by atoms with Crippen LogP contribution in [0.15, 0.2) is 58.9 Å². The number of halogens is 5. The fourth-order valence-electron chi connectivity index (χ4n) is 5.70. The van der Waals surface area contributed by atoms with E-state index in [4.69, 9.17) is 11.6 Å². The Balaban J connectivity index is 1.93. The van der Waals surface area contributed by atoms with Crippen LogP contribution in [0.3, 0.4) is 0 Å². The van der Waals surface area contributed by atoms with Crippen molar-refractivity contribution >= 4 is 44.2 Å². The Hall–Kier alpha value is -4.37. The minimum absolute atomic E-state index is 0.0425. The van der Waals surface area contributed by atoms with Gasteiger partial charge in [0, 0.05) is 43.7 Å².